The van der Waals surface area contributed by atoms with Crippen molar-refractivity contribution < 1.29 is 38.3 Å². The lowest BCUT2D eigenvalue weighted by Crippen LogP contribution is -2.42. The molecule has 0 bridgehead atoms. The average Bonchev–Trinajstić information content (AvgIpc) is 2.88. The molecule has 0 saturated heterocycles. The van der Waals surface area contributed by atoms with E-state index < -0.39 is 52.6 Å². The summed E-state index contributed by atoms with van der Waals surface area (Å²) >= 11 is 0. The number of cyclic esters (lactones) is 1. The maximum atomic E-state index is 13.1. The lowest BCUT2D eigenvalue weighted by molar-refractivity contribution is -0.579. The zero-order valence-electron chi connectivity index (χ0n) is 17.4. The number of pyridine rings is 1. The Kier molecular flexibility index (Phi) is 6.15. The summed E-state index contributed by atoms with van der Waals surface area (Å²) in [4.78, 5) is 38.4. The van der Waals surface area contributed by atoms with Crippen molar-refractivity contribution in [2.45, 2.75) is 52.7 Å². The second-order valence-corrected chi connectivity index (χ2v) is 8.41. The number of hydrogen-bond donors (Lipinski definition) is 1. The van der Waals surface area contributed by atoms with Crippen LogP contribution >= 0.6 is 0 Å². The van der Waals surface area contributed by atoms with E-state index >= 15 is 0 Å². The third-order valence-electron chi connectivity index (χ3n) is 3.49. The standard InChI is InChI=1S/C21H25NO7/c1-20(2,3)28-18(25)15(14-13(23)12-27-17(14)24)16(19(26)29-21(4,5)6)22-10-8-7-9-11-22/h7-11H,12H2,1-6H3/p+1. The monoisotopic (exact) mass is 404 g/mol. The van der Waals surface area contributed by atoms with Gasteiger partial charge in [0, 0.05) is 12.1 Å². The van der Waals surface area contributed by atoms with Gasteiger partial charge in [-0.05, 0) is 41.5 Å². The highest BCUT2D eigenvalue weighted by Crippen LogP contribution is 2.28. The van der Waals surface area contributed by atoms with Crippen LogP contribution in [0.5, 0.6) is 0 Å². The average molecular weight is 404 g/mol. The lowest BCUT2D eigenvalue weighted by Gasteiger charge is -2.22. The largest absolute Gasteiger partial charge is 0.508 e. The minimum Gasteiger partial charge on any atom is -0.508 e. The number of ether oxygens (including phenoxy) is 3. The zero-order valence-corrected chi connectivity index (χ0v) is 17.4. The van der Waals surface area contributed by atoms with Crippen LogP contribution in [0.4, 0.5) is 0 Å². The van der Waals surface area contributed by atoms with Gasteiger partial charge in [0.1, 0.15) is 29.1 Å². The fourth-order valence-corrected chi connectivity index (χ4v) is 2.50. The molecular weight excluding hydrogens is 378 g/mol. The summed E-state index contributed by atoms with van der Waals surface area (Å²) in [6.45, 7) is 9.55. The van der Waals surface area contributed by atoms with E-state index in [-0.39, 0.29) is 5.70 Å². The van der Waals surface area contributed by atoms with Crippen molar-refractivity contribution in [2.24, 2.45) is 0 Å². The molecule has 1 aromatic rings. The number of aliphatic hydroxyl groups is 1. The molecule has 0 unspecified atom stereocenters. The first-order valence-corrected chi connectivity index (χ1v) is 9.07. The molecule has 0 amide bonds. The highest BCUT2D eigenvalue weighted by atomic mass is 16.6. The SMILES string of the molecule is CC(C)(C)OC(=O)/C(C1=C(O)COC1=O)=C(\C(=O)OC(C)(C)C)[n+]1ccccc1. The van der Waals surface area contributed by atoms with Crippen molar-refractivity contribution in [3.63, 3.8) is 0 Å². The first kappa shape index (κ1) is 22.1. The molecule has 0 saturated carbocycles. The topological polar surface area (TPSA) is 103 Å². The normalized spacial score (nSPS) is 15.6. The van der Waals surface area contributed by atoms with E-state index in [0.29, 0.717) is 0 Å². The molecule has 2 rings (SSSR count). The highest BCUT2D eigenvalue weighted by molar-refractivity contribution is 6.21. The van der Waals surface area contributed by atoms with Gasteiger partial charge in [0.25, 0.3) is 0 Å². The van der Waals surface area contributed by atoms with E-state index in [2.05, 4.69) is 0 Å². The molecule has 0 radical (unpaired) electrons. The van der Waals surface area contributed by atoms with Crippen LogP contribution in [-0.4, -0.2) is 40.8 Å². The first-order chi connectivity index (χ1) is 13.3. The van der Waals surface area contributed by atoms with Gasteiger partial charge < -0.3 is 19.3 Å². The van der Waals surface area contributed by atoms with Gasteiger partial charge in [-0.25, -0.2) is 14.4 Å². The molecule has 8 nitrogen and oxygen atoms in total. The Hall–Kier alpha value is -3.16. The number of rotatable bonds is 4. The van der Waals surface area contributed by atoms with Crippen molar-refractivity contribution in [2.75, 3.05) is 6.61 Å². The molecule has 0 fully saturated rings. The second kappa shape index (κ2) is 8.06. The van der Waals surface area contributed by atoms with Gasteiger partial charge in [0.15, 0.2) is 18.0 Å². The molecular formula is C21H26NO7+. The molecule has 1 N–H and O–H groups in total. The van der Waals surface area contributed by atoms with E-state index in [9.17, 15) is 19.5 Å². The summed E-state index contributed by atoms with van der Waals surface area (Å²) in [6.07, 6.45) is 3.03. The number of esters is 3. The van der Waals surface area contributed by atoms with Crippen LogP contribution < -0.4 is 4.57 Å². The van der Waals surface area contributed by atoms with Gasteiger partial charge in [0.2, 0.25) is 0 Å². The number of hydrogen-bond acceptors (Lipinski definition) is 7. The Labute approximate surface area is 169 Å². The summed E-state index contributed by atoms with van der Waals surface area (Å²) in [5.41, 5.74) is -2.90. The van der Waals surface area contributed by atoms with Crippen LogP contribution in [0.1, 0.15) is 41.5 Å². The molecule has 0 spiro atoms. The van der Waals surface area contributed by atoms with Gasteiger partial charge in [-0.2, -0.15) is 4.57 Å². The Morgan fingerprint density at radius 3 is 1.93 bits per heavy atom. The molecule has 1 aliphatic rings. The molecule has 1 aromatic heterocycles. The van der Waals surface area contributed by atoms with Crippen LogP contribution in [0.25, 0.3) is 5.70 Å². The Bertz CT molecular complexity index is 884. The third-order valence-corrected chi connectivity index (χ3v) is 3.49. The minimum atomic E-state index is -0.963. The maximum absolute atomic E-state index is 13.1. The Balaban J connectivity index is 2.82. The van der Waals surface area contributed by atoms with E-state index in [4.69, 9.17) is 14.2 Å². The molecule has 0 aromatic carbocycles. The van der Waals surface area contributed by atoms with Crippen LogP contribution in [0, 0.1) is 0 Å². The summed E-state index contributed by atoms with van der Waals surface area (Å²) in [5, 5.41) is 10.2. The molecule has 156 valence electrons. The molecule has 0 atom stereocenters. The smallest absolute Gasteiger partial charge is 0.405 e. The van der Waals surface area contributed by atoms with E-state index in [1.165, 1.54) is 17.0 Å². The van der Waals surface area contributed by atoms with Gasteiger partial charge in [-0.3, -0.25) is 0 Å². The minimum absolute atomic E-state index is 0.268. The Morgan fingerprint density at radius 1 is 0.966 bits per heavy atom. The Morgan fingerprint density at radius 2 is 1.48 bits per heavy atom. The number of aliphatic hydroxyl groups excluding tert-OH is 1. The fraction of sp³-hybridized carbons (Fsp3) is 0.429. The molecule has 2 heterocycles. The maximum Gasteiger partial charge on any atom is 0.405 e. The number of carbonyl (C=O) groups excluding carboxylic acids is 3. The van der Waals surface area contributed by atoms with Gasteiger partial charge in [-0.15, -0.1) is 0 Å². The third kappa shape index (κ3) is 5.66. The quantitative estimate of drug-likeness (QED) is 0.355. The molecule has 29 heavy (non-hydrogen) atoms. The lowest BCUT2D eigenvalue weighted by atomic mass is 10.0. The predicted molar refractivity (Wildman–Crippen MR) is 102 cm³/mol. The van der Waals surface area contributed by atoms with Crippen molar-refractivity contribution in [3.05, 3.63) is 47.5 Å². The van der Waals surface area contributed by atoms with Crippen LogP contribution in [0.15, 0.2) is 47.5 Å². The molecule has 8 heteroatoms. The molecule has 0 aliphatic carbocycles. The number of aromatic nitrogens is 1. The summed E-state index contributed by atoms with van der Waals surface area (Å²) in [6, 6.07) is 4.99. The van der Waals surface area contributed by atoms with Crippen molar-refractivity contribution in [1.82, 2.24) is 0 Å². The molecule has 1 aliphatic heterocycles. The zero-order chi connectivity index (χ0) is 22.0. The number of carbonyl (C=O) groups is 3. The van der Waals surface area contributed by atoms with Crippen LogP contribution in [-0.2, 0) is 28.6 Å². The van der Waals surface area contributed by atoms with E-state index in [1.807, 2.05) is 0 Å². The first-order valence-electron chi connectivity index (χ1n) is 9.07. The highest BCUT2D eigenvalue weighted by Gasteiger charge is 2.43. The van der Waals surface area contributed by atoms with Crippen LogP contribution in [0.3, 0.4) is 0 Å². The predicted octanol–water partition coefficient (Wildman–Crippen LogP) is 2.24. The van der Waals surface area contributed by atoms with Gasteiger partial charge >= 0.3 is 23.6 Å². The summed E-state index contributed by atoms with van der Waals surface area (Å²) in [5.74, 6) is -3.22. The summed E-state index contributed by atoms with van der Waals surface area (Å²) in [7, 11) is 0. The summed E-state index contributed by atoms with van der Waals surface area (Å²) < 4.78 is 17.1. The number of nitrogens with zero attached hydrogens (tertiary/aromatic N) is 1. The van der Waals surface area contributed by atoms with Crippen molar-refractivity contribution >= 4 is 23.6 Å². The van der Waals surface area contributed by atoms with Crippen molar-refractivity contribution in [3.8, 4) is 0 Å². The van der Waals surface area contributed by atoms with Gasteiger partial charge in [-0.1, -0.05) is 6.07 Å². The second-order valence-electron chi connectivity index (χ2n) is 8.41. The van der Waals surface area contributed by atoms with Gasteiger partial charge in [0.05, 0.1) is 0 Å². The fourth-order valence-electron chi connectivity index (χ4n) is 2.50. The van der Waals surface area contributed by atoms with E-state index in [0.717, 1.165) is 0 Å². The van der Waals surface area contributed by atoms with Crippen molar-refractivity contribution in [1.29, 1.82) is 0 Å². The van der Waals surface area contributed by atoms with Crippen LogP contribution in [0.2, 0.25) is 0 Å². The van der Waals surface area contributed by atoms with E-state index in [1.54, 1.807) is 59.7 Å².